The van der Waals surface area contributed by atoms with Crippen molar-refractivity contribution >= 4 is 5.97 Å². The SMILES string of the molecule is CC(C)CC1(CNCc2c(C(=O)O)cnn2C)CCCC1. The molecule has 1 aliphatic carbocycles. The van der Waals surface area contributed by atoms with Gasteiger partial charge in [-0.3, -0.25) is 4.68 Å². The Labute approximate surface area is 126 Å². The third-order valence-corrected chi connectivity index (χ3v) is 4.59. The fraction of sp³-hybridized carbons (Fsp3) is 0.750. The van der Waals surface area contributed by atoms with Crippen LogP contribution in [0.5, 0.6) is 0 Å². The molecule has 118 valence electrons. The van der Waals surface area contributed by atoms with Gasteiger partial charge in [0, 0.05) is 20.1 Å². The average molecular weight is 293 g/mol. The normalized spacial score (nSPS) is 17.5. The quantitative estimate of drug-likeness (QED) is 0.811. The molecule has 0 unspecified atom stereocenters. The van der Waals surface area contributed by atoms with Crippen LogP contribution in [0.2, 0.25) is 0 Å². The highest BCUT2D eigenvalue weighted by Gasteiger charge is 2.34. The van der Waals surface area contributed by atoms with Gasteiger partial charge in [0.15, 0.2) is 0 Å². The second-order valence-corrected chi connectivity index (χ2v) is 6.84. The van der Waals surface area contributed by atoms with E-state index in [1.807, 2.05) is 0 Å². The molecule has 2 rings (SSSR count). The van der Waals surface area contributed by atoms with Gasteiger partial charge in [0.2, 0.25) is 0 Å². The molecule has 1 aromatic heterocycles. The van der Waals surface area contributed by atoms with Gasteiger partial charge in [-0.25, -0.2) is 4.79 Å². The van der Waals surface area contributed by atoms with Crippen LogP contribution in [0.1, 0.15) is 62.0 Å². The molecule has 0 radical (unpaired) electrons. The van der Waals surface area contributed by atoms with Gasteiger partial charge < -0.3 is 10.4 Å². The summed E-state index contributed by atoms with van der Waals surface area (Å²) < 4.78 is 1.65. The summed E-state index contributed by atoms with van der Waals surface area (Å²) in [4.78, 5) is 11.2. The molecule has 0 amide bonds. The molecule has 2 N–H and O–H groups in total. The molecule has 1 saturated carbocycles. The van der Waals surface area contributed by atoms with Crippen molar-refractivity contribution in [1.29, 1.82) is 0 Å². The number of aromatic carboxylic acids is 1. The van der Waals surface area contributed by atoms with Crippen LogP contribution in [0, 0.1) is 11.3 Å². The van der Waals surface area contributed by atoms with E-state index in [0.717, 1.165) is 12.2 Å². The van der Waals surface area contributed by atoms with Gasteiger partial charge in [-0.15, -0.1) is 0 Å². The second kappa shape index (κ2) is 6.60. The average Bonchev–Trinajstić information content (AvgIpc) is 2.97. The highest BCUT2D eigenvalue weighted by atomic mass is 16.4. The van der Waals surface area contributed by atoms with Crippen molar-refractivity contribution in [1.82, 2.24) is 15.1 Å². The molecule has 0 aliphatic heterocycles. The van der Waals surface area contributed by atoms with Gasteiger partial charge in [0.05, 0.1) is 11.9 Å². The summed E-state index contributed by atoms with van der Waals surface area (Å²) in [6.45, 7) is 6.10. The molecule has 1 heterocycles. The van der Waals surface area contributed by atoms with Crippen molar-refractivity contribution < 1.29 is 9.90 Å². The first-order valence-electron chi connectivity index (χ1n) is 7.88. The van der Waals surface area contributed by atoms with E-state index in [-0.39, 0.29) is 0 Å². The van der Waals surface area contributed by atoms with Crippen molar-refractivity contribution in [2.24, 2.45) is 18.4 Å². The molecule has 0 bridgehead atoms. The molecular formula is C16H27N3O2. The molecule has 5 heteroatoms. The van der Waals surface area contributed by atoms with E-state index in [4.69, 9.17) is 0 Å². The lowest BCUT2D eigenvalue weighted by Gasteiger charge is -2.31. The Balaban J connectivity index is 1.97. The van der Waals surface area contributed by atoms with Crippen LogP contribution >= 0.6 is 0 Å². The lowest BCUT2D eigenvalue weighted by Crippen LogP contribution is -2.33. The van der Waals surface area contributed by atoms with E-state index < -0.39 is 5.97 Å². The van der Waals surface area contributed by atoms with Crippen molar-refractivity contribution in [2.75, 3.05) is 6.54 Å². The predicted octanol–water partition coefficient (Wildman–Crippen LogP) is 2.81. The minimum Gasteiger partial charge on any atom is -0.478 e. The maximum Gasteiger partial charge on any atom is 0.339 e. The fourth-order valence-electron chi connectivity index (χ4n) is 3.74. The Hall–Kier alpha value is -1.36. The Kier molecular flexibility index (Phi) is 5.04. The third kappa shape index (κ3) is 3.84. The van der Waals surface area contributed by atoms with Gasteiger partial charge in [-0.2, -0.15) is 5.10 Å². The zero-order chi connectivity index (χ0) is 15.5. The monoisotopic (exact) mass is 293 g/mol. The van der Waals surface area contributed by atoms with E-state index in [1.165, 1.54) is 38.3 Å². The number of aromatic nitrogens is 2. The molecule has 0 spiro atoms. The standard InChI is InChI=1S/C16H27N3O2/c1-12(2)8-16(6-4-5-7-16)11-17-10-14-13(15(20)21)9-18-19(14)3/h9,12,17H,4-8,10-11H2,1-3H3,(H,20,21). The summed E-state index contributed by atoms with van der Waals surface area (Å²) in [5.41, 5.74) is 1.45. The number of rotatable bonds is 7. The molecule has 1 aromatic rings. The van der Waals surface area contributed by atoms with Crippen LogP contribution in [0.3, 0.4) is 0 Å². The topological polar surface area (TPSA) is 67.2 Å². The van der Waals surface area contributed by atoms with Crippen molar-refractivity contribution in [3.8, 4) is 0 Å². The first-order chi connectivity index (χ1) is 9.93. The lowest BCUT2D eigenvalue weighted by atomic mass is 9.78. The third-order valence-electron chi connectivity index (χ3n) is 4.59. The van der Waals surface area contributed by atoms with Crippen LogP contribution in [0.25, 0.3) is 0 Å². The smallest absolute Gasteiger partial charge is 0.339 e. The van der Waals surface area contributed by atoms with Gasteiger partial charge >= 0.3 is 5.97 Å². The maximum absolute atomic E-state index is 11.2. The minimum atomic E-state index is -0.905. The summed E-state index contributed by atoms with van der Waals surface area (Å²) in [5, 5.41) is 16.7. The summed E-state index contributed by atoms with van der Waals surface area (Å²) in [5.74, 6) is -0.200. The molecule has 1 aliphatic rings. The Morgan fingerprint density at radius 2 is 2.14 bits per heavy atom. The van der Waals surface area contributed by atoms with E-state index >= 15 is 0 Å². The molecule has 21 heavy (non-hydrogen) atoms. The van der Waals surface area contributed by atoms with Crippen molar-refractivity contribution in [2.45, 2.75) is 52.5 Å². The van der Waals surface area contributed by atoms with E-state index in [0.29, 0.717) is 23.4 Å². The molecule has 0 atom stereocenters. The number of carboxylic acid groups (broad SMARTS) is 1. The second-order valence-electron chi connectivity index (χ2n) is 6.84. The number of nitrogens with zero attached hydrogens (tertiary/aromatic N) is 2. The van der Waals surface area contributed by atoms with Crippen LogP contribution in [-0.4, -0.2) is 27.4 Å². The largest absolute Gasteiger partial charge is 0.478 e. The Bertz CT molecular complexity index is 488. The van der Waals surface area contributed by atoms with Crippen LogP contribution in [0.4, 0.5) is 0 Å². The number of nitrogens with one attached hydrogen (secondary N) is 1. The van der Waals surface area contributed by atoms with Crippen LogP contribution in [-0.2, 0) is 13.6 Å². The van der Waals surface area contributed by atoms with Gasteiger partial charge in [-0.05, 0) is 30.6 Å². The molecular weight excluding hydrogens is 266 g/mol. The number of carbonyl (C=O) groups is 1. The Morgan fingerprint density at radius 1 is 1.48 bits per heavy atom. The van der Waals surface area contributed by atoms with Crippen molar-refractivity contribution in [3.63, 3.8) is 0 Å². The fourth-order valence-corrected chi connectivity index (χ4v) is 3.74. The lowest BCUT2D eigenvalue weighted by molar-refractivity contribution is 0.0695. The van der Waals surface area contributed by atoms with Crippen molar-refractivity contribution in [3.05, 3.63) is 17.5 Å². The zero-order valence-electron chi connectivity index (χ0n) is 13.4. The summed E-state index contributed by atoms with van der Waals surface area (Å²) in [6, 6.07) is 0. The number of hydrogen-bond acceptors (Lipinski definition) is 3. The van der Waals surface area contributed by atoms with E-state index in [1.54, 1.807) is 11.7 Å². The van der Waals surface area contributed by atoms with Gasteiger partial charge in [0.1, 0.15) is 5.56 Å². The molecule has 1 fully saturated rings. The maximum atomic E-state index is 11.2. The molecule has 5 nitrogen and oxygen atoms in total. The Morgan fingerprint density at radius 3 is 2.71 bits per heavy atom. The highest BCUT2D eigenvalue weighted by molar-refractivity contribution is 5.88. The summed E-state index contributed by atoms with van der Waals surface area (Å²) in [6.07, 6.45) is 7.89. The summed E-state index contributed by atoms with van der Waals surface area (Å²) in [7, 11) is 1.79. The highest BCUT2D eigenvalue weighted by Crippen LogP contribution is 2.42. The number of hydrogen-bond donors (Lipinski definition) is 2. The number of carboxylic acids is 1. The van der Waals surface area contributed by atoms with Gasteiger partial charge in [-0.1, -0.05) is 26.7 Å². The zero-order valence-corrected chi connectivity index (χ0v) is 13.4. The first kappa shape index (κ1) is 16.0. The van der Waals surface area contributed by atoms with E-state index in [2.05, 4.69) is 24.3 Å². The summed E-state index contributed by atoms with van der Waals surface area (Å²) >= 11 is 0. The van der Waals surface area contributed by atoms with E-state index in [9.17, 15) is 9.90 Å². The van der Waals surface area contributed by atoms with Crippen LogP contribution < -0.4 is 5.32 Å². The molecule has 0 saturated heterocycles. The first-order valence-corrected chi connectivity index (χ1v) is 7.88. The minimum absolute atomic E-state index is 0.300. The predicted molar refractivity (Wildman–Crippen MR) is 82.2 cm³/mol. The number of aryl methyl sites for hydroxylation is 1. The van der Waals surface area contributed by atoms with Gasteiger partial charge in [0.25, 0.3) is 0 Å². The molecule has 0 aromatic carbocycles. The van der Waals surface area contributed by atoms with Crippen LogP contribution in [0.15, 0.2) is 6.20 Å².